The number of fused-ring (bicyclic) bond motifs is 1. The Morgan fingerprint density at radius 2 is 1.76 bits per heavy atom. The lowest BCUT2D eigenvalue weighted by molar-refractivity contribution is -0.150. The first-order valence-electron chi connectivity index (χ1n) is 7.51. The summed E-state index contributed by atoms with van der Waals surface area (Å²) >= 11 is 1.10. The van der Waals surface area contributed by atoms with Gasteiger partial charge in [0, 0.05) is 6.42 Å². The first kappa shape index (κ1) is 15.5. The summed E-state index contributed by atoms with van der Waals surface area (Å²) in [5.74, 6) is -0.507. The number of hydrogen-bond acceptors (Lipinski definition) is 7. The minimum absolute atomic E-state index is 0.288. The molecule has 0 fully saturated rings. The summed E-state index contributed by atoms with van der Waals surface area (Å²) in [7, 11) is 1.59. The molecular formula is C18H12N2O4S. The van der Waals surface area contributed by atoms with Crippen molar-refractivity contribution < 1.29 is 19.1 Å². The number of nitrogens with zero attached hydrogens (tertiary/aromatic N) is 2. The van der Waals surface area contributed by atoms with E-state index in [4.69, 9.17) is 9.47 Å². The van der Waals surface area contributed by atoms with Crippen molar-refractivity contribution in [1.29, 1.82) is 0 Å². The maximum Gasteiger partial charge on any atom is 0.347 e. The normalized spacial score (nSPS) is 14.3. The maximum absolute atomic E-state index is 12.2. The maximum atomic E-state index is 12.2. The van der Waals surface area contributed by atoms with Gasteiger partial charge in [-0.1, -0.05) is 18.2 Å². The standard InChI is InChI=1S/C18H12N2O4S/c1-23-12-5-2-10(3-6-12)8-13-16(18(22)24-17(13)21)11-4-7-14-15(9-11)20-25-19-14/h2-7,9H,8H2,1H3. The molecule has 1 aliphatic heterocycles. The van der Waals surface area contributed by atoms with Crippen molar-refractivity contribution in [1.82, 2.24) is 8.75 Å². The first-order valence-corrected chi connectivity index (χ1v) is 8.24. The molecule has 4 rings (SSSR count). The highest BCUT2D eigenvalue weighted by Crippen LogP contribution is 2.31. The zero-order chi connectivity index (χ0) is 17.4. The Bertz CT molecular complexity index is 1020. The Kier molecular flexibility index (Phi) is 3.77. The second-order valence-electron chi connectivity index (χ2n) is 5.52. The van der Waals surface area contributed by atoms with Gasteiger partial charge in [0.05, 0.1) is 30.0 Å². The van der Waals surface area contributed by atoms with E-state index in [9.17, 15) is 9.59 Å². The fourth-order valence-corrected chi connectivity index (χ4v) is 3.28. The van der Waals surface area contributed by atoms with Crippen molar-refractivity contribution in [2.75, 3.05) is 7.11 Å². The average molecular weight is 352 g/mol. The molecule has 0 unspecified atom stereocenters. The largest absolute Gasteiger partial charge is 0.497 e. The van der Waals surface area contributed by atoms with Crippen LogP contribution in [0, 0.1) is 0 Å². The van der Waals surface area contributed by atoms with Gasteiger partial charge in [-0.2, -0.15) is 8.75 Å². The summed E-state index contributed by atoms with van der Waals surface area (Å²) in [5.41, 5.74) is 3.57. The minimum atomic E-state index is -0.629. The molecule has 6 nitrogen and oxygen atoms in total. The van der Waals surface area contributed by atoms with Crippen LogP contribution < -0.4 is 4.74 Å². The van der Waals surface area contributed by atoms with Gasteiger partial charge in [-0.3, -0.25) is 0 Å². The zero-order valence-electron chi connectivity index (χ0n) is 13.2. The van der Waals surface area contributed by atoms with E-state index in [1.807, 2.05) is 24.3 Å². The van der Waals surface area contributed by atoms with Crippen LogP contribution in [0.25, 0.3) is 16.6 Å². The van der Waals surface area contributed by atoms with Crippen molar-refractivity contribution >= 4 is 40.3 Å². The van der Waals surface area contributed by atoms with E-state index in [0.29, 0.717) is 23.1 Å². The molecule has 0 radical (unpaired) electrons. The SMILES string of the molecule is COc1ccc(CC2=C(c3ccc4nsnc4c3)C(=O)OC2=O)cc1. The van der Waals surface area contributed by atoms with E-state index in [2.05, 4.69) is 8.75 Å². The molecule has 124 valence electrons. The number of hydrogen-bond donors (Lipinski definition) is 0. The van der Waals surface area contributed by atoms with Crippen LogP contribution in [0.1, 0.15) is 11.1 Å². The Morgan fingerprint density at radius 3 is 2.52 bits per heavy atom. The zero-order valence-corrected chi connectivity index (χ0v) is 14.0. The Labute approximate surface area is 147 Å². The summed E-state index contributed by atoms with van der Waals surface area (Å²) < 4.78 is 18.3. The number of esters is 2. The molecule has 1 aromatic heterocycles. The number of carbonyl (C=O) groups excluding carboxylic acids is 2. The van der Waals surface area contributed by atoms with Crippen LogP contribution in [-0.4, -0.2) is 27.8 Å². The number of aromatic nitrogens is 2. The summed E-state index contributed by atoms with van der Waals surface area (Å²) in [4.78, 5) is 24.4. The average Bonchev–Trinajstić information content (AvgIpc) is 3.19. The highest BCUT2D eigenvalue weighted by molar-refractivity contribution is 7.00. The molecule has 0 aliphatic carbocycles. The molecule has 2 aromatic carbocycles. The van der Waals surface area contributed by atoms with Gasteiger partial charge in [-0.25, -0.2) is 9.59 Å². The van der Waals surface area contributed by atoms with Crippen LogP contribution >= 0.6 is 11.7 Å². The van der Waals surface area contributed by atoms with Gasteiger partial charge < -0.3 is 9.47 Å². The quantitative estimate of drug-likeness (QED) is 0.531. The lowest BCUT2D eigenvalue weighted by atomic mass is 9.96. The second-order valence-corrected chi connectivity index (χ2v) is 6.05. The molecule has 0 bridgehead atoms. The molecule has 0 N–H and O–H groups in total. The molecule has 0 saturated heterocycles. The molecule has 25 heavy (non-hydrogen) atoms. The minimum Gasteiger partial charge on any atom is -0.497 e. The van der Waals surface area contributed by atoms with E-state index in [-0.39, 0.29) is 5.57 Å². The third-order valence-corrected chi connectivity index (χ3v) is 4.58. The smallest absolute Gasteiger partial charge is 0.347 e. The van der Waals surface area contributed by atoms with Crippen molar-refractivity contribution in [3.8, 4) is 5.75 Å². The number of methoxy groups -OCH3 is 1. The lowest BCUT2D eigenvalue weighted by Crippen LogP contribution is -2.03. The molecule has 3 aromatic rings. The topological polar surface area (TPSA) is 78.4 Å². The van der Waals surface area contributed by atoms with E-state index in [1.54, 1.807) is 25.3 Å². The molecular weight excluding hydrogens is 340 g/mol. The number of ether oxygens (including phenoxy) is 2. The predicted molar refractivity (Wildman–Crippen MR) is 92.1 cm³/mol. The highest BCUT2D eigenvalue weighted by Gasteiger charge is 2.34. The first-order chi connectivity index (χ1) is 12.2. The molecule has 7 heteroatoms. The van der Waals surface area contributed by atoms with Gasteiger partial charge in [0.15, 0.2) is 0 Å². The van der Waals surface area contributed by atoms with Crippen LogP contribution in [0.5, 0.6) is 5.75 Å². The summed E-state index contributed by atoms with van der Waals surface area (Å²) in [6, 6.07) is 12.6. The van der Waals surface area contributed by atoms with Crippen LogP contribution in [0.3, 0.4) is 0 Å². The van der Waals surface area contributed by atoms with Gasteiger partial charge in [-0.05, 0) is 35.4 Å². The number of carbonyl (C=O) groups is 2. The van der Waals surface area contributed by atoms with Crippen molar-refractivity contribution in [2.24, 2.45) is 0 Å². The van der Waals surface area contributed by atoms with Gasteiger partial charge in [0.1, 0.15) is 16.8 Å². The molecule has 0 spiro atoms. The van der Waals surface area contributed by atoms with Crippen LogP contribution in [-0.2, 0) is 20.7 Å². The van der Waals surface area contributed by atoms with Crippen LogP contribution in [0.2, 0.25) is 0 Å². The van der Waals surface area contributed by atoms with Gasteiger partial charge in [0.2, 0.25) is 0 Å². The highest BCUT2D eigenvalue weighted by atomic mass is 32.1. The Morgan fingerprint density at radius 1 is 1.00 bits per heavy atom. The lowest BCUT2D eigenvalue weighted by Gasteiger charge is -2.05. The van der Waals surface area contributed by atoms with E-state index >= 15 is 0 Å². The Hall–Kier alpha value is -3.06. The third kappa shape index (κ3) is 2.78. The van der Waals surface area contributed by atoms with E-state index in [1.165, 1.54) is 0 Å². The molecule has 2 heterocycles. The van der Waals surface area contributed by atoms with Gasteiger partial charge in [-0.15, -0.1) is 0 Å². The van der Waals surface area contributed by atoms with Crippen LogP contribution in [0.4, 0.5) is 0 Å². The molecule has 0 amide bonds. The Balaban J connectivity index is 1.76. The predicted octanol–water partition coefficient (Wildman–Crippen LogP) is 2.78. The molecule has 0 saturated carbocycles. The summed E-state index contributed by atoms with van der Waals surface area (Å²) in [5, 5.41) is 0. The monoisotopic (exact) mass is 352 g/mol. The molecule has 0 atom stereocenters. The fraction of sp³-hybridized carbons (Fsp3) is 0.111. The fourth-order valence-electron chi connectivity index (χ4n) is 2.76. The van der Waals surface area contributed by atoms with Crippen molar-refractivity contribution in [3.63, 3.8) is 0 Å². The van der Waals surface area contributed by atoms with Gasteiger partial charge >= 0.3 is 11.9 Å². The van der Waals surface area contributed by atoms with Gasteiger partial charge in [0.25, 0.3) is 0 Å². The summed E-state index contributed by atoms with van der Waals surface area (Å²) in [6.45, 7) is 0. The van der Waals surface area contributed by atoms with E-state index in [0.717, 1.165) is 28.6 Å². The van der Waals surface area contributed by atoms with E-state index < -0.39 is 11.9 Å². The third-order valence-electron chi connectivity index (χ3n) is 4.02. The number of cyclic esters (lactones) is 2. The number of benzene rings is 2. The molecule has 1 aliphatic rings. The second kappa shape index (κ2) is 6.10. The van der Waals surface area contributed by atoms with Crippen LogP contribution in [0.15, 0.2) is 48.0 Å². The van der Waals surface area contributed by atoms with Crippen molar-refractivity contribution in [3.05, 3.63) is 59.2 Å². The number of rotatable bonds is 4. The summed E-state index contributed by atoms with van der Waals surface area (Å²) in [6.07, 6.45) is 0.303. The van der Waals surface area contributed by atoms with Crippen molar-refractivity contribution in [2.45, 2.75) is 6.42 Å².